The lowest BCUT2D eigenvalue weighted by Crippen LogP contribution is -2.29. The van der Waals surface area contributed by atoms with Crippen molar-refractivity contribution in [2.45, 2.75) is 6.54 Å². The number of benzene rings is 2. The van der Waals surface area contributed by atoms with E-state index in [1.54, 1.807) is 37.7 Å². The van der Waals surface area contributed by atoms with Crippen molar-refractivity contribution in [1.29, 1.82) is 0 Å². The van der Waals surface area contributed by atoms with Crippen molar-refractivity contribution in [1.82, 2.24) is 20.1 Å². The van der Waals surface area contributed by atoms with Crippen molar-refractivity contribution in [3.05, 3.63) is 66.7 Å². The Labute approximate surface area is 139 Å². The molecule has 0 saturated heterocycles. The summed E-state index contributed by atoms with van der Waals surface area (Å²) in [5.74, 6) is 1.38. The van der Waals surface area contributed by atoms with E-state index < -0.39 is 0 Å². The number of nitrogens with zero attached hydrogens (tertiary/aromatic N) is 3. The van der Waals surface area contributed by atoms with Crippen LogP contribution >= 0.6 is 0 Å². The summed E-state index contributed by atoms with van der Waals surface area (Å²) in [4.78, 5) is 12.0. The normalized spacial score (nSPS) is 10.2. The molecule has 2 N–H and O–H groups in total. The lowest BCUT2D eigenvalue weighted by atomic mass is 10.3. The number of nitrogens with one attached hydrogen (secondary N) is 2. The van der Waals surface area contributed by atoms with Gasteiger partial charge >= 0.3 is 6.03 Å². The summed E-state index contributed by atoms with van der Waals surface area (Å²) in [7, 11) is 1.60. The predicted octanol–water partition coefficient (Wildman–Crippen LogP) is 2.60. The molecule has 1 aromatic heterocycles. The number of carbonyl (C=O) groups excluding carboxylic acids is 1. The first-order valence-electron chi connectivity index (χ1n) is 7.39. The second-order valence-electron chi connectivity index (χ2n) is 4.99. The summed E-state index contributed by atoms with van der Waals surface area (Å²) in [6.07, 6.45) is 1.62. The predicted molar refractivity (Wildman–Crippen MR) is 90.2 cm³/mol. The van der Waals surface area contributed by atoms with Gasteiger partial charge in [-0.2, -0.15) is 0 Å². The number of carbonyl (C=O) groups is 1. The summed E-state index contributed by atoms with van der Waals surface area (Å²) >= 11 is 0. The number of anilines is 1. The van der Waals surface area contributed by atoms with Crippen LogP contribution in [-0.4, -0.2) is 27.9 Å². The maximum Gasteiger partial charge on any atom is 0.319 e. The van der Waals surface area contributed by atoms with E-state index >= 15 is 0 Å². The SMILES string of the molecule is COc1ccc(NC(=O)NCc2nncn2-c2ccccc2)cc1. The highest BCUT2D eigenvalue weighted by molar-refractivity contribution is 5.89. The van der Waals surface area contributed by atoms with Gasteiger partial charge in [0.25, 0.3) is 0 Å². The fourth-order valence-corrected chi connectivity index (χ4v) is 2.19. The van der Waals surface area contributed by atoms with Crippen molar-refractivity contribution in [3.8, 4) is 11.4 Å². The number of methoxy groups -OCH3 is 1. The molecule has 0 bridgehead atoms. The van der Waals surface area contributed by atoms with Gasteiger partial charge in [-0.1, -0.05) is 18.2 Å². The van der Waals surface area contributed by atoms with Crippen molar-refractivity contribution in [2.24, 2.45) is 0 Å². The van der Waals surface area contributed by atoms with Crippen molar-refractivity contribution >= 4 is 11.7 Å². The van der Waals surface area contributed by atoms with E-state index in [0.29, 0.717) is 11.5 Å². The minimum absolute atomic E-state index is 0.261. The fourth-order valence-electron chi connectivity index (χ4n) is 2.19. The third-order valence-electron chi connectivity index (χ3n) is 3.41. The Hall–Kier alpha value is -3.35. The van der Waals surface area contributed by atoms with Gasteiger partial charge in [0.05, 0.1) is 13.7 Å². The van der Waals surface area contributed by atoms with Gasteiger partial charge < -0.3 is 15.4 Å². The molecule has 0 saturated carbocycles. The highest BCUT2D eigenvalue weighted by atomic mass is 16.5. The van der Waals surface area contributed by atoms with E-state index in [-0.39, 0.29) is 12.6 Å². The van der Waals surface area contributed by atoms with E-state index in [2.05, 4.69) is 20.8 Å². The Morgan fingerprint density at radius 1 is 1.12 bits per heavy atom. The van der Waals surface area contributed by atoms with Crippen LogP contribution in [0.2, 0.25) is 0 Å². The van der Waals surface area contributed by atoms with Gasteiger partial charge in [-0.15, -0.1) is 10.2 Å². The van der Waals surface area contributed by atoms with Crippen LogP contribution in [0.4, 0.5) is 10.5 Å². The quantitative estimate of drug-likeness (QED) is 0.756. The molecule has 2 aromatic carbocycles. The number of para-hydroxylation sites is 1. The lowest BCUT2D eigenvalue weighted by molar-refractivity contribution is 0.251. The molecule has 24 heavy (non-hydrogen) atoms. The molecule has 2 amide bonds. The minimum atomic E-state index is -0.317. The van der Waals surface area contributed by atoms with Crippen LogP contribution in [0.5, 0.6) is 5.75 Å². The smallest absolute Gasteiger partial charge is 0.319 e. The molecule has 1 heterocycles. The van der Waals surface area contributed by atoms with Crippen LogP contribution in [0.15, 0.2) is 60.9 Å². The Morgan fingerprint density at radius 2 is 1.88 bits per heavy atom. The number of hydrogen-bond donors (Lipinski definition) is 2. The molecule has 0 spiro atoms. The molecule has 7 nitrogen and oxygen atoms in total. The van der Waals surface area contributed by atoms with Crippen molar-refractivity contribution < 1.29 is 9.53 Å². The number of urea groups is 1. The van der Waals surface area contributed by atoms with E-state index in [1.807, 2.05) is 34.9 Å². The molecule has 0 aliphatic heterocycles. The summed E-state index contributed by atoms with van der Waals surface area (Å²) in [6, 6.07) is 16.5. The Bertz CT molecular complexity index is 799. The first-order valence-corrected chi connectivity index (χ1v) is 7.39. The van der Waals surface area contributed by atoms with E-state index in [4.69, 9.17) is 4.74 Å². The van der Waals surface area contributed by atoms with Gasteiger partial charge in [-0.25, -0.2) is 4.79 Å². The van der Waals surface area contributed by atoms with Crippen LogP contribution in [0, 0.1) is 0 Å². The number of rotatable bonds is 5. The third kappa shape index (κ3) is 3.70. The monoisotopic (exact) mass is 323 g/mol. The molecule has 0 fully saturated rings. The fraction of sp³-hybridized carbons (Fsp3) is 0.118. The summed E-state index contributed by atoms with van der Waals surface area (Å²) in [5, 5.41) is 13.5. The zero-order chi connectivity index (χ0) is 16.8. The molecule has 0 aliphatic carbocycles. The maximum atomic E-state index is 12.0. The molecule has 122 valence electrons. The molecule has 0 unspecified atom stereocenters. The van der Waals surface area contributed by atoms with E-state index in [1.165, 1.54) is 0 Å². The third-order valence-corrected chi connectivity index (χ3v) is 3.41. The van der Waals surface area contributed by atoms with Gasteiger partial charge in [0, 0.05) is 11.4 Å². The molecular formula is C17H17N5O2. The average molecular weight is 323 g/mol. The molecule has 3 rings (SSSR count). The van der Waals surface area contributed by atoms with Crippen LogP contribution in [0.1, 0.15) is 5.82 Å². The first-order chi connectivity index (χ1) is 11.8. The number of hydrogen-bond acceptors (Lipinski definition) is 4. The zero-order valence-electron chi connectivity index (χ0n) is 13.1. The highest BCUT2D eigenvalue weighted by Crippen LogP contribution is 2.15. The van der Waals surface area contributed by atoms with Crippen molar-refractivity contribution in [2.75, 3.05) is 12.4 Å². The second kappa shape index (κ2) is 7.28. The minimum Gasteiger partial charge on any atom is -0.497 e. The van der Waals surface area contributed by atoms with Gasteiger partial charge in [0.2, 0.25) is 0 Å². The van der Waals surface area contributed by atoms with Gasteiger partial charge in [-0.3, -0.25) is 4.57 Å². The molecule has 3 aromatic rings. The van der Waals surface area contributed by atoms with Gasteiger partial charge in [0.1, 0.15) is 12.1 Å². The summed E-state index contributed by atoms with van der Waals surface area (Å²) < 4.78 is 6.91. The molecule has 7 heteroatoms. The molecular weight excluding hydrogens is 306 g/mol. The summed E-state index contributed by atoms with van der Waals surface area (Å²) in [5.41, 5.74) is 1.62. The number of aromatic nitrogens is 3. The Balaban J connectivity index is 1.60. The van der Waals surface area contributed by atoms with Crippen LogP contribution < -0.4 is 15.4 Å². The first kappa shape index (κ1) is 15.5. The maximum absolute atomic E-state index is 12.0. The molecule has 0 atom stereocenters. The van der Waals surface area contributed by atoms with E-state index in [9.17, 15) is 4.79 Å². The van der Waals surface area contributed by atoms with Crippen LogP contribution in [-0.2, 0) is 6.54 Å². The van der Waals surface area contributed by atoms with E-state index in [0.717, 1.165) is 11.4 Å². The number of amides is 2. The zero-order valence-corrected chi connectivity index (χ0v) is 13.1. The second-order valence-corrected chi connectivity index (χ2v) is 4.99. The van der Waals surface area contributed by atoms with Crippen LogP contribution in [0.3, 0.4) is 0 Å². The molecule has 0 aliphatic rings. The van der Waals surface area contributed by atoms with Gasteiger partial charge in [-0.05, 0) is 36.4 Å². The standard InChI is InChI=1S/C17H17N5O2/c1-24-15-9-7-13(8-10-15)20-17(23)18-11-16-21-19-12-22(16)14-5-3-2-4-6-14/h2-10,12H,11H2,1H3,(H2,18,20,23). The van der Waals surface area contributed by atoms with Gasteiger partial charge in [0.15, 0.2) is 5.82 Å². The average Bonchev–Trinajstić information content (AvgIpc) is 3.10. The van der Waals surface area contributed by atoms with Crippen LogP contribution in [0.25, 0.3) is 5.69 Å². The lowest BCUT2D eigenvalue weighted by Gasteiger charge is -2.09. The molecule has 0 radical (unpaired) electrons. The summed E-state index contributed by atoms with van der Waals surface area (Å²) in [6.45, 7) is 0.261. The topological polar surface area (TPSA) is 81.1 Å². The largest absolute Gasteiger partial charge is 0.497 e. The number of ether oxygens (including phenoxy) is 1. The highest BCUT2D eigenvalue weighted by Gasteiger charge is 2.08. The Kier molecular flexibility index (Phi) is 4.71. The van der Waals surface area contributed by atoms with Crippen molar-refractivity contribution in [3.63, 3.8) is 0 Å². The Morgan fingerprint density at radius 3 is 2.58 bits per heavy atom.